The first-order valence-electron chi connectivity index (χ1n) is 5.05. The van der Waals surface area contributed by atoms with E-state index in [1.165, 1.54) is 0 Å². The molecular formula is C12H9ClN2OS. The number of aromatic nitrogens is 2. The molecule has 0 saturated carbocycles. The molecule has 3 rings (SSSR count). The second kappa shape index (κ2) is 4.05. The van der Waals surface area contributed by atoms with Gasteiger partial charge in [0, 0.05) is 5.02 Å². The van der Waals surface area contributed by atoms with Gasteiger partial charge in [0.1, 0.15) is 10.6 Å². The zero-order chi connectivity index (χ0) is 11.8. The number of halogens is 1. The number of hydrogen-bond acceptors (Lipinski definition) is 3. The fourth-order valence-corrected chi connectivity index (χ4v) is 2.70. The summed E-state index contributed by atoms with van der Waals surface area (Å²) in [5.74, 6) is 1.65. The molecule has 0 aliphatic rings. The second-order valence-corrected chi connectivity index (χ2v) is 4.92. The number of ether oxygens (including phenoxy) is 1. The molecule has 2 heterocycles. The maximum atomic E-state index is 5.94. The fraction of sp³-hybridized carbons (Fsp3) is 0.0833. The van der Waals surface area contributed by atoms with Crippen molar-refractivity contribution in [1.82, 2.24) is 9.97 Å². The van der Waals surface area contributed by atoms with Gasteiger partial charge in [-0.3, -0.25) is 0 Å². The number of aromatic amines is 1. The topological polar surface area (TPSA) is 37.9 Å². The van der Waals surface area contributed by atoms with Crippen molar-refractivity contribution in [1.29, 1.82) is 0 Å². The molecular weight excluding hydrogens is 256 g/mol. The quantitative estimate of drug-likeness (QED) is 0.761. The zero-order valence-corrected chi connectivity index (χ0v) is 10.6. The van der Waals surface area contributed by atoms with Gasteiger partial charge in [-0.25, -0.2) is 4.98 Å². The van der Waals surface area contributed by atoms with Crippen LogP contribution >= 0.6 is 22.9 Å². The minimum Gasteiger partial charge on any atom is -0.495 e. The lowest BCUT2D eigenvalue weighted by atomic mass is 10.3. The van der Waals surface area contributed by atoms with Crippen molar-refractivity contribution in [3.05, 3.63) is 34.7 Å². The van der Waals surface area contributed by atoms with Crippen LogP contribution in [0.1, 0.15) is 0 Å². The molecule has 0 bridgehead atoms. The summed E-state index contributed by atoms with van der Waals surface area (Å²) in [5.41, 5.74) is 1.84. The molecule has 0 saturated heterocycles. The molecule has 0 radical (unpaired) electrons. The van der Waals surface area contributed by atoms with Gasteiger partial charge in [-0.2, -0.15) is 0 Å². The highest BCUT2D eigenvalue weighted by molar-refractivity contribution is 7.13. The average molecular weight is 265 g/mol. The van der Waals surface area contributed by atoms with E-state index in [2.05, 4.69) is 9.97 Å². The molecule has 5 heteroatoms. The predicted molar refractivity (Wildman–Crippen MR) is 71.0 cm³/mol. The van der Waals surface area contributed by atoms with Gasteiger partial charge in [0.15, 0.2) is 5.82 Å². The van der Waals surface area contributed by atoms with E-state index in [4.69, 9.17) is 16.3 Å². The molecule has 0 aliphatic carbocycles. The van der Waals surface area contributed by atoms with Crippen molar-refractivity contribution in [2.45, 2.75) is 0 Å². The Hall–Kier alpha value is -1.52. The Morgan fingerprint density at radius 3 is 3.06 bits per heavy atom. The van der Waals surface area contributed by atoms with Crippen molar-refractivity contribution < 1.29 is 4.74 Å². The van der Waals surface area contributed by atoms with Crippen LogP contribution in [0.4, 0.5) is 0 Å². The van der Waals surface area contributed by atoms with Crippen molar-refractivity contribution >= 4 is 34.0 Å². The number of rotatable bonds is 2. The summed E-state index contributed by atoms with van der Waals surface area (Å²) < 4.78 is 5.28. The number of hydrogen-bond donors (Lipinski definition) is 1. The Morgan fingerprint density at radius 2 is 2.24 bits per heavy atom. The SMILES string of the molecule is COc1ccsc1-c1nc2ccc(Cl)cc2[nH]1. The third-order valence-corrected chi connectivity index (χ3v) is 3.65. The average Bonchev–Trinajstić information content (AvgIpc) is 2.93. The van der Waals surface area contributed by atoms with Crippen LogP contribution < -0.4 is 4.74 Å². The van der Waals surface area contributed by atoms with E-state index in [0.29, 0.717) is 5.02 Å². The number of imidazole rings is 1. The Bertz CT molecular complexity index is 674. The highest BCUT2D eigenvalue weighted by Gasteiger charge is 2.11. The smallest absolute Gasteiger partial charge is 0.152 e. The van der Waals surface area contributed by atoms with Gasteiger partial charge >= 0.3 is 0 Å². The van der Waals surface area contributed by atoms with Crippen molar-refractivity contribution in [3.8, 4) is 16.5 Å². The molecule has 0 aliphatic heterocycles. The third kappa shape index (κ3) is 1.79. The molecule has 1 N–H and O–H groups in total. The van der Waals surface area contributed by atoms with E-state index in [1.807, 2.05) is 29.6 Å². The Labute approximate surface area is 107 Å². The van der Waals surface area contributed by atoms with Crippen LogP contribution in [0, 0.1) is 0 Å². The van der Waals surface area contributed by atoms with Gasteiger partial charge in [-0.15, -0.1) is 11.3 Å². The standard InChI is InChI=1S/C12H9ClN2OS/c1-16-10-4-5-17-11(10)12-14-8-3-2-7(13)6-9(8)15-12/h2-6H,1H3,(H,14,15). The molecule has 2 aromatic heterocycles. The van der Waals surface area contributed by atoms with E-state index < -0.39 is 0 Å². The molecule has 0 atom stereocenters. The molecule has 0 spiro atoms. The first-order valence-corrected chi connectivity index (χ1v) is 6.31. The molecule has 17 heavy (non-hydrogen) atoms. The van der Waals surface area contributed by atoms with Gasteiger partial charge in [0.05, 0.1) is 18.1 Å². The minimum atomic E-state index is 0.700. The number of nitrogens with zero attached hydrogens (tertiary/aromatic N) is 1. The van der Waals surface area contributed by atoms with E-state index in [0.717, 1.165) is 27.5 Å². The van der Waals surface area contributed by atoms with Gasteiger partial charge < -0.3 is 9.72 Å². The van der Waals surface area contributed by atoms with E-state index in [1.54, 1.807) is 18.4 Å². The third-order valence-electron chi connectivity index (χ3n) is 2.51. The second-order valence-electron chi connectivity index (χ2n) is 3.56. The maximum absolute atomic E-state index is 5.94. The van der Waals surface area contributed by atoms with Crippen molar-refractivity contribution in [2.24, 2.45) is 0 Å². The Balaban J connectivity index is 2.18. The minimum absolute atomic E-state index is 0.700. The Kier molecular flexibility index (Phi) is 2.53. The summed E-state index contributed by atoms with van der Waals surface area (Å²) in [5, 5.41) is 2.68. The van der Waals surface area contributed by atoms with Crippen LogP contribution in [0.15, 0.2) is 29.6 Å². The summed E-state index contributed by atoms with van der Waals surface area (Å²) in [6.45, 7) is 0. The summed E-state index contributed by atoms with van der Waals surface area (Å²) >= 11 is 7.54. The Morgan fingerprint density at radius 1 is 1.35 bits per heavy atom. The lowest BCUT2D eigenvalue weighted by Gasteiger charge is -1.97. The van der Waals surface area contributed by atoms with Crippen LogP contribution in [0.3, 0.4) is 0 Å². The van der Waals surface area contributed by atoms with Gasteiger partial charge in [-0.05, 0) is 29.6 Å². The van der Waals surface area contributed by atoms with Crippen LogP contribution in [0.5, 0.6) is 5.75 Å². The highest BCUT2D eigenvalue weighted by atomic mass is 35.5. The number of thiophene rings is 1. The van der Waals surface area contributed by atoms with Gasteiger partial charge in [0.2, 0.25) is 0 Å². The first kappa shape index (κ1) is 10.6. The summed E-state index contributed by atoms with van der Waals surface area (Å²) in [4.78, 5) is 8.77. The van der Waals surface area contributed by atoms with Crippen LogP contribution in [0.2, 0.25) is 5.02 Å². The fourth-order valence-electron chi connectivity index (χ4n) is 1.72. The summed E-state index contributed by atoms with van der Waals surface area (Å²) in [7, 11) is 1.66. The number of nitrogens with one attached hydrogen (secondary N) is 1. The zero-order valence-electron chi connectivity index (χ0n) is 9.03. The van der Waals surface area contributed by atoms with Crippen LogP contribution in [-0.2, 0) is 0 Å². The van der Waals surface area contributed by atoms with E-state index >= 15 is 0 Å². The molecule has 3 aromatic rings. The lowest BCUT2D eigenvalue weighted by molar-refractivity contribution is 0.418. The van der Waals surface area contributed by atoms with Gasteiger partial charge in [-0.1, -0.05) is 11.6 Å². The predicted octanol–water partition coefficient (Wildman–Crippen LogP) is 3.95. The summed E-state index contributed by atoms with van der Waals surface area (Å²) in [6.07, 6.45) is 0. The molecule has 1 aromatic carbocycles. The number of benzene rings is 1. The molecule has 0 unspecified atom stereocenters. The molecule has 0 amide bonds. The van der Waals surface area contributed by atoms with Gasteiger partial charge in [0.25, 0.3) is 0 Å². The molecule has 0 fully saturated rings. The lowest BCUT2D eigenvalue weighted by Crippen LogP contribution is -1.83. The largest absolute Gasteiger partial charge is 0.495 e. The van der Waals surface area contributed by atoms with E-state index in [9.17, 15) is 0 Å². The van der Waals surface area contributed by atoms with Crippen LogP contribution in [0.25, 0.3) is 21.7 Å². The molecule has 3 nitrogen and oxygen atoms in total. The monoisotopic (exact) mass is 264 g/mol. The van der Waals surface area contributed by atoms with Crippen LogP contribution in [-0.4, -0.2) is 17.1 Å². The maximum Gasteiger partial charge on any atom is 0.152 e. The normalized spacial score (nSPS) is 10.9. The van der Waals surface area contributed by atoms with Crippen molar-refractivity contribution in [2.75, 3.05) is 7.11 Å². The number of methoxy groups -OCH3 is 1. The first-order chi connectivity index (χ1) is 8.28. The number of H-pyrrole nitrogens is 1. The number of fused-ring (bicyclic) bond motifs is 1. The highest BCUT2D eigenvalue weighted by Crippen LogP contribution is 2.34. The van der Waals surface area contributed by atoms with Crippen molar-refractivity contribution in [3.63, 3.8) is 0 Å². The summed E-state index contributed by atoms with van der Waals surface area (Å²) in [6, 6.07) is 7.53. The molecule has 86 valence electrons. The van der Waals surface area contributed by atoms with E-state index in [-0.39, 0.29) is 0 Å².